The molecule has 0 fully saturated rings. The number of hydrogen-bond donors (Lipinski definition) is 2. The highest BCUT2D eigenvalue weighted by Gasteiger charge is 2.00. The third-order valence-electron chi connectivity index (χ3n) is 3.05. The molecule has 0 saturated heterocycles. The molecule has 0 atom stereocenters. The molecule has 2 N–H and O–H groups in total. The Hall–Kier alpha value is -1.55. The van der Waals surface area contributed by atoms with Crippen molar-refractivity contribution in [2.75, 3.05) is 30.9 Å². The van der Waals surface area contributed by atoms with Crippen LogP contribution in [0.4, 0.5) is 11.4 Å². The van der Waals surface area contributed by atoms with Gasteiger partial charge in [-0.1, -0.05) is 32.6 Å². The van der Waals surface area contributed by atoms with Gasteiger partial charge in [-0.15, -0.1) is 0 Å². The Bertz CT molecular complexity index is 377. The number of carbonyl (C=O) groups is 1. The Morgan fingerprint density at radius 1 is 1.05 bits per heavy atom. The van der Waals surface area contributed by atoms with Crippen molar-refractivity contribution in [2.45, 2.75) is 39.0 Å². The largest absolute Gasteiger partial charge is 0.385 e. The van der Waals surface area contributed by atoms with Crippen molar-refractivity contribution in [3.8, 4) is 0 Å². The van der Waals surface area contributed by atoms with Crippen molar-refractivity contribution in [3.05, 3.63) is 24.3 Å². The van der Waals surface area contributed by atoms with Crippen molar-refractivity contribution in [1.29, 1.82) is 0 Å². The molecule has 0 bridgehead atoms. The summed E-state index contributed by atoms with van der Waals surface area (Å²) in [4.78, 5) is 11.3. The Morgan fingerprint density at radius 2 is 1.70 bits per heavy atom. The van der Waals surface area contributed by atoms with E-state index in [0.717, 1.165) is 17.9 Å². The number of methoxy groups -OCH3 is 1. The summed E-state index contributed by atoms with van der Waals surface area (Å²) in [5.41, 5.74) is 1.88. The van der Waals surface area contributed by atoms with E-state index in [-0.39, 0.29) is 12.5 Å². The standard InChI is InChI=1S/C16H26N2O2/c1-3-4-5-6-7-12-17-14-8-10-15(11-9-14)18-16(19)13-20-2/h8-11,17H,3-7,12-13H2,1-2H3,(H,18,19). The summed E-state index contributed by atoms with van der Waals surface area (Å²) in [5.74, 6) is -0.135. The Balaban J connectivity index is 2.23. The van der Waals surface area contributed by atoms with Crippen LogP contribution in [0.15, 0.2) is 24.3 Å². The quantitative estimate of drug-likeness (QED) is 0.642. The molecule has 1 aromatic carbocycles. The predicted molar refractivity (Wildman–Crippen MR) is 84.2 cm³/mol. The molecule has 0 aliphatic carbocycles. The number of amides is 1. The number of benzene rings is 1. The van der Waals surface area contributed by atoms with E-state index in [1.807, 2.05) is 24.3 Å². The van der Waals surface area contributed by atoms with Crippen LogP contribution in [-0.2, 0) is 9.53 Å². The van der Waals surface area contributed by atoms with E-state index in [1.54, 1.807) is 0 Å². The number of unbranched alkanes of at least 4 members (excludes halogenated alkanes) is 4. The number of nitrogens with one attached hydrogen (secondary N) is 2. The Kier molecular flexibility index (Phi) is 8.47. The molecular weight excluding hydrogens is 252 g/mol. The van der Waals surface area contributed by atoms with E-state index in [1.165, 1.54) is 39.2 Å². The maximum Gasteiger partial charge on any atom is 0.250 e. The van der Waals surface area contributed by atoms with Crippen LogP contribution in [0.3, 0.4) is 0 Å². The Morgan fingerprint density at radius 3 is 2.35 bits per heavy atom. The fourth-order valence-electron chi connectivity index (χ4n) is 1.96. The third-order valence-corrected chi connectivity index (χ3v) is 3.05. The molecule has 0 unspecified atom stereocenters. The molecule has 0 radical (unpaired) electrons. The second-order valence-electron chi connectivity index (χ2n) is 4.90. The second-order valence-corrected chi connectivity index (χ2v) is 4.90. The van der Waals surface area contributed by atoms with Gasteiger partial charge in [0.15, 0.2) is 0 Å². The zero-order valence-corrected chi connectivity index (χ0v) is 12.6. The minimum atomic E-state index is -0.135. The fourth-order valence-corrected chi connectivity index (χ4v) is 1.96. The van der Waals surface area contributed by atoms with Gasteiger partial charge >= 0.3 is 0 Å². The van der Waals surface area contributed by atoms with Gasteiger partial charge in [-0.2, -0.15) is 0 Å². The van der Waals surface area contributed by atoms with Crippen LogP contribution in [0.25, 0.3) is 0 Å². The highest BCUT2D eigenvalue weighted by molar-refractivity contribution is 5.91. The van der Waals surface area contributed by atoms with Gasteiger partial charge in [-0.05, 0) is 30.7 Å². The summed E-state index contributed by atoms with van der Waals surface area (Å²) in [5, 5.41) is 6.16. The lowest BCUT2D eigenvalue weighted by atomic mass is 10.1. The zero-order chi connectivity index (χ0) is 14.6. The molecule has 1 rings (SSSR count). The molecule has 4 heteroatoms. The molecule has 0 saturated carbocycles. The zero-order valence-electron chi connectivity index (χ0n) is 12.6. The number of anilines is 2. The summed E-state index contributed by atoms with van der Waals surface area (Å²) in [6.45, 7) is 3.31. The average Bonchev–Trinajstić information content (AvgIpc) is 2.45. The minimum absolute atomic E-state index is 0.0811. The first-order valence-corrected chi connectivity index (χ1v) is 7.39. The summed E-state index contributed by atoms with van der Waals surface area (Å²) < 4.78 is 4.77. The number of carbonyl (C=O) groups excluding carboxylic acids is 1. The second kappa shape index (κ2) is 10.3. The third kappa shape index (κ3) is 7.14. The minimum Gasteiger partial charge on any atom is -0.385 e. The monoisotopic (exact) mass is 278 g/mol. The molecule has 0 spiro atoms. The number of ether oxygens (including phenoxy) is 1. The maximum atomic E-state index is 11.3. The van der Waals surface area contributed by atoms with Crippen LogP contribution >= 0.6 is 0 Å². The van der Waals surface area contributed by atoms with Gasteiger partial charge in [0.2, 0.25) is 5.91 Å². The Labute approximate surface area is 121 Å². The summed E-state index contributed by atoms with van der Waals surface area (Å²) in [6.07, 6.45) is 6.42. The van der Waals surface area contributed by atoms with Crippen LogP contribution in [0.1, 0.15) is 39.0 Å². The van der Waals surface area contributed by atoms with E-state index in [9.17, 15) is 4.79 Å². The molecule has 20 heavy (non-hydrogen) atoms. The lowest BCUT2D eigenvalue weighted by molar-refractivity contribution is -0.119. The van der Waals surface area contributed by atoms with Crippen LogP contribution < -0.4 is 10.6 Å². The van der Waals surface area contributed by atoms with Crippen molar-refractivity contribution in [2.24, 2.45) is 0 Å². The van der Waals surface area contributed by atoms with E-state index in [0.29, 0.717) is 0 Å². The van der Waals surface area contributed by atoms with Crippen LogP contribution in [0.2, 0.25) is 0 Å². The molecular formula is C16H26N2O2. The van der Waals surface area contributed by atoms with Crippen LogP contribution in [0, 0.1) is 0 Å². The van der Waals surface area contributed by atoms with Crippen molar-refractivity contribution in [3.63, 3.8) is 0 Å². The van der Waals surface area contributed by atoms with E-state index in [4.69, 9.17) is 4.74 Å². The highest BCUT2D eigenvalue weighted by atomic mass is 16.5. The molecule has 0 aromatic heterocycles. The molecule has 0 aliphatic rings. The smallest absolute Gasteiger partial charge is 0.250 e. The molecule has 0 heterocycles. The van der Waals surface area contributed by atoms with E-state index < -0.39 is 0 Å². The molecule has 0 aliphatic heterocycles. The highest BCUT2D eigenvalue weighted by Crippen LogP contribution is 2.14. The predicted octanol–water partition coefficient (Wildman–Crippen LogP) is 3.65. The maximum absolute atomic E-state index is 11.3. The molecule has 1 aromatic rings. The topological polar surface area (TPSA) is 50.4 Å². The summed E-state index contributed by atoms with van der Waals surface area (Å²) in [7, 11) is 1.51. The first kappa shape index (κ1) is 16.5. The van der Waals surface area contributed by atoms with E-state index in [2.05, 4.69) is 17.6 Å². The lowest BCUT2D eigenvalue weighted by Crippen LogP contribution is -2.16. The van der Waals surface area contributed by atoms with E-state index >= 15 is 0 Å². The van der Waals surface area contributed by atoms with Gasteiger partial charge in [0, 0.05) is 25.0 Å². The lowest BCUT2D eigenvalue weighted by Gasteiger charge is -2.08. The fraction of sp³-hybridized carbons (Fsp3) is 0.562. The molecule has 4 nitrogen and oxygen atoms in total. The van der Waals surface area contributed by atoms with Gasteiger partial charge in [-0.25, -0.2) is 0 Å². The van der Waals surface area contributed by atoms with Crippen LogP contribution in [-0.4, -0.2) is 26.2 Å². The molecule has 1 amide bonds. The number of hydrogen-bond acceptors (Lipinski definition) is 3. The summed E-state index contributed by atoms with van der Waals surface area (Å²) >= 11 is 0. The van der Waals surface area contributed by atoms with Gasteiger partial charge in [-0.3, -0.25) is 4.79 Å². The SMILES string of the molecule is CCCCCCCNc1ccc(NC(=O)COC)cc1. The molecule has 112 valence electrons. The number of rotatable bonds is 10. The van der Waals surface area contributed by atoms with Gasteiger partial charge < -0.3 is 15.4 Å². The summed E-state index contributed by atoms with van der Waals surface area (Å²) in [6, 6.07) is 7.75. The average molecular weight is 278 g/mol. The van der Waals surface area contributed by atoms with Gasteiger partial charge in [0.05, 0.1) is 0 Å². The van der Waals surface area contributed by atoms with Crippen molar-refractivity contribution < 1.29 is 9.53 Å². The first-order valence-electron chi connectivity index (χ1n) is 7.39. The first-order chi connectivity index (χ1) is 9.76. The van der Waals surface area contributed by atoms with Crippen LogP contribution in [0.5, 0.6) is 0 Å². The van der Waals surface area contributed by atoms with Crippen molar-refractivity contribution in [1.82, 2.24) is 0 Å². The van der Waals surface area contributed by atoms with Gasteiger partial charge in [0.25, 0.3) is 0 Å². The van der Waals surface area contributed by atoms with Gasteiger partial charge in [0.1, 0.15) is 6.61 Å². The normalized spacial score (nSPS) is 10.3. The van der Waals surface area contributed by atoms with Crippen molar-refractivity contribution >= 4 is 17.3 Å².